The molecule has 2 rings (SSSR count). The second kappa shape index (κ2) is 4.41. The predicted molar refractivity (Wildman–Crippen MR) is 64.1 cm³/mol. The number of aryl methyl sites for hydroxylation is 1. The van der Waals surface area contributed by atoms with Crippen molar-refractivity contribution in [2.24, 2.45) is 0 Å². The van der Waals surface area contributed by atoms with Gasteiger partial charge in [0.05, 0.1) is 0 Å². The van der Waals surface area contributed by atoms with Gasteiger partial charge in [-0.15, -0.1) is 0 Å². The molecule has 0 atom stereocenters. The number of hydrogen-bond acceptors (Lipinski definition) is 2. The number of benzene rings is 1. The molecule has 0 aliphatic heterocycles. The minimum absolute atomic E-state index is 0.973. The van der Waals surface area contributed by atoms with Gasteiger partial charge in [0.1, 0.15) is 0 Å². The summed E-state index contributed by atoms with van der Waals surface area (Å²) in [4.78, 5) is 4.47. The van der Waals surface area contributed by atoms with Gasteiger partial charge in [-0.25, -0.2) is 0 Å². The Morgan fingerprint density at radius 2 is 2.13 bits per heavy atom. The highest BCUT2D eigenvalue weighted by atomic mass is 14.8. The first-order chi connectivity index (χ1) is 7.33. The summed E-state index contributed by atoms with van der Waals surface area (Å²) in [5, 5.41) is 5.76. The van der Waals surface area contributed by atoms with E-state index in [0.717, 1.165) is 13.0 Å². The van der Waals surface area contributed by atoms with Crippen molar-refractivity contribution in [1.29, 1.82) is 0 Å². The first-order valence-corrected chi connectivity index (χ1v) is 5.30. The van der Waals surface area contributed by atoms with Gasteiger partial charge in [-0.3, -0.25) is 4.98 Å². The highest BCUT2D eigenvalue weighted by molar-refractivity contribution is 5.87. The van der Waals surface area contributed by atoms with Crippen LogP contribution in [0.15, 0.2) is 30.5 Å². The Morgan fingerprint density at radius 1 is 1.27 bits per heavy atom. The number of aromatic nitrogens is 1. The fraction of sp³-hybridized carbons (Fsp3) is 0.308. The van der Waals surface area contributed by atoms with E-state index < -0.39 is 0 Å². The Kier molecular flexibility index (Phi) is 2.97. The first-order valence-electron chi connectivity index (χ1n) is 5.30. The topological polar surface area (TPSA) is 24.9 Å². The van der Waals surface area contributed by atoms with Crippen molar-refractivity contribution in [3.8, 4) is 0 Å². The average molecular weight is 200 g/mol. The van der Waals surface area contributed by atoms with Crippen molar-refractivity contribution in [3.05, 3.63) is 41.7 Å². The summed E-state index contributed by atoms with van der Waals surface area (Å²) < 4.78 is 0. The summed E-state index contributed by atoms with van der Waals surface area (Å²) in [5.41, 5.74) is 2.51. The average Bonchev–Trinajstić information content (AvgIpc) is 2.26. The maximum absolute atomic E-state index is 4.47. The summed E-state index contributed by atoms with van der Waals surface area (Å²) in [6, 6.07) is 8.46. The molecule has 2 aromatic rings. The summed E-state index contributed by atoms with van der Waals surface area (Å²) >= 11 is 0. The molecule has 0 radical (unpaired) electrons. The molecule has 1 heterocycles. The maximum atomic E-state index is 4.47. The molecular formula is C13H16N2. The minimum atomic E-state index is 0.973. The fourth-order valence-corrected chi connectivity index (χ4v) is 1.93. The monoisotopic (exact) mass is 200 g/mol. The van der Waals surface area contributed by atoms with Crippen molar-refractivity contribution in [2.45, 2.75) is 13.3 Å². The molecule has 1 aromatic carbocycles. The van der Waals surface area contributed by atoms with E-state index in [0.29, 0.717) is 0 Å². The molecule has 1 N–H and O–H groups in total. The standard InChI is InChI=1S/C13H16N2/c1-10-4-3-5-11-6-9-15-12(13(10)11)7-8-14-2/h3-6,9,14H,7-8H2,1-2H3. The lowest BCUT2D eigenvalue weighted by Gasteiger charge is -2.07. The van der Waals surface area contributed by atoms with Crippen molar-refractivity contribution < 1.29 is 0 Å². The molecule has 1 aromatic heterocycles. The van der Waals surface area contributed by atoms with Gasteiger partial charge < -0.3 is 5.32 Å². The van der Waals surface area contributed by atoms with Crippen molar-refractivity contribution in [1.82, 2.24) is 10.3 Å². The van der Waals surface area contributed by atoms with Crippen LogP contribution in [0.1, 0.15) is 11.3 Å². The molecule has 0 spiro atoms. The van der Waals surface area contributed by atoms with Crippen LogP contribution in [0.2, 0.25) is 0 Å². The summed E-state index contributed by atoms with van der Waals surface area (Å²) in [6.45, 7) is 3.12. The molecule has 0 aliphatic rings. The van der Waals surface area contributed by atoms with E-state index in [1.165, 1.54) is 22.0 Å². The number of rotatable bonds is 3. The van der Waals surface area contributed by atoms with Gasteiger partial charge in [-0.05, 0) is 31.0 Å². The van der Waals surface area contributed by atoms with E-state index in [1.807, 2.05) is 13.2 Å². The zero-order chi connectivity index (χ0) is 10.7. The number of pyridine rings is 1. The Morgan fingerprint density at radius 3 is 2.93 bits per heavy atom. The van der Waals surface area contributed by atoms with Crippen LogP contribution < -0.4 is 5.32 Å². The Bertz CT molecular complexity index is 458. The zero-order valence-corrected chi connectivity index (χ0v) is 9.25. The lowest BCUT2D eigenvalue weighted by Crippen LogP contribution is -2.11. The number of likely N-dealkylation sites (N-methyl/N-ethyl adjacent to an activating group) is 1. The molecule has 0 fully saturated rings. The summed E-state index contributed by atoms with van der Waals surface area (Å²) in [6.07, 6.45) is 2.88. The van der Waals surface area contributed by atoms with Gasteiger partial charge in [0.25, 0.3) is 0 Å². The lowest BCUT2D eigenvalue weighted by molar-refractivity contribution is 0.781. The number of nitrogens with zero attached hydrogens (tertiary/aromatic N) is 1. The molecule has 78 valence electrons. The minimum Gasteiger partial charge on any atom is -0.319 e. The van der Waals surface area contributed by atoms with Crippen LogP contribution in [0.5, 0.6) is 0 Å². The fourth-order valence-electron chi connectivity index (χ4n) is 1.93. The molecule has 2 heteroatoms. The number of hydrogen-bond donors (Lipinski definition) is 1. The van der Waals surface area contributed by atoms with Crippen LogP contribution >= 0.6 is 0 Å². The van der Waals surface area contributed by atoms with Crippen molar-refractivity contribution in [2.75, 3.05) is 13.6 Å². The molecule has 0 saturated heterocycles. The highest BCUT2D eigenvalue weighted by Gasteiger charge is 2.03. The second-order valence-electron chi connectivity index (χ2n) is 3.78. The van der Waals surface area contributed by atoms with Crippen molar-refractivity contribution in [3.63, 3.8) is 0 Å². The largest absolute Gasteiger partial charge is 0.319 e. The Labute approximate surface area is 90.3 Å². The van der Waals surface area contributed by atoms with Crippen LogP contribution in [0.25, 0.3) is 10.8 Å². The van der Waals surface area contributed by atoms with Gasteiger partial charge in [0.2, 0.25) is 0 Å². The predicted octanol–water partition coefficient (Wildman–Crippen LogP) is 2.31. The van der Waals surface area contributed by atoms with E-state index in [4.69, 9.17) is 0 Å². The van der Waals surface area contributed by atoms with Crippen LogP contribution in [0, 0.1) is 6.92 Å². The quantitative estimate of drug-likeness (QED) is 0.822. The van der Waals surface area contributed by atoms with E-state index in [9.17, 15) is 0 Å². The molecule has 0 bridgehead atoms. The van der Waals surface area contributed by atoms with Crippen molar-refractivity contribution >= 4 is 10.8 Å². The van der Waals surface area contributed by atoms with E-state index in [-0.39, 0.29) is 0 Å². The van der Waals surface area contributed by atoms with E-state index in [2.05, 4.69) is 41.5 Å². The Balaban J connectivity index is 2.53. The molecule has 0 unspecified atom stereocenters. The number of nitrogens with one attached hydrogen (secondary N) is 1. The summed E-state index contributed by atoms with van der Waals surface area (Å²) in [5.74, 6) is 0. The van der Waals surface area contributed by atoms with Gasteiger partial charge in [-0.2, -0.15) is 0 Å². The third-order valence-corrected chi connectivity index (χ3v) is 2.69. The third-order valence-electron chi connectivity index (χ3n) is 2.69. The normalized spacial score (nSPS) is 10.8. The smallest absolute Gasteiger partial charge is 0.0497 e. The molecule has 0 aliphatic carbocycles. The van der Waals surface area contributed by atoms with Crippen LogP contribution in [-0.2, 0) is 6.42 Å². The molecule has 0 saturated carbocycles. The van der Waals surface area contributed by atoms with E-state index in [1.54, 1.807) is 0 Å². The SMILES string of the molecule is CNCCc1nccc2cccc(C)c12. The highest BCUT2D eigenvalue weighted by Crippen LogP contribution is 2.20. The maximum Gasteiger partial charge on any atom is 0.0497 e. The van der Waals surface area contributed by atoms with Gasteiger partial charge in [0.15, 0.2) is 0 Å². The molecule has 0 amide bonds. The molecular weight excluding hydrogens is 184 g/mol. The lowest BCUT2D eigenvalue weighted by atomic mass is 10.0. The van der Waals surface area contributed by atoms with Gasteiger partial charge in [0, 0.05) is 30.2 Å². The van der Waals surface area contributed by atoms with Gasteiger partial charge in [-0.1, -0.05) is 18.2 Å². The summed E-state index contributed by atoms with van der Waals surface area (Å²) in [7, 11) is 1.97. The molecule has 15 heavy (non-hydrogen) atoms. The van der Waals surface area contributed by atoms with Crippen LogP contribution in [0.3, 0.4) is 0 Å². The Hall–Kier alpha value is -1.41. The third kappa shape index (κ3) is 2.00. The van der Waals surface area contributed by atoms with Gasteiger partial charge >= 0.3 is 0 Å². The van der Waals surface area contributed by atoms with Crippen LogP contribution in [0.4, 0.5) is 0 Å². The zero-order valence-electron chi connectivity index (χ0n) is 9.25. The van der Waals surface area contributed by atoms with Crippen LogP contribution in [-0.4, -0.2) is 18.6 Å². The van der Waals surface area contributed by atoms with E-state index >= 15 is 0 Å². The second-order valence-corrected chi connectivity index (χ2v) is 3.78. The molecule has 2 nitrogen and oxygen atoms in total. The number of fused-ring (bicyclic) bond motifs is 1. The first kappa shape index (κ1) is 10.1.